The molecule has 3 nitrogen and oxygen atoms in total. The van der Waals surface area contributed by atoms with Crippen molar-refractivity contribution in [1.29, 1.82) is 0 Å². The molecule has 3 fully saturated rings. The second-order valence-corrected chi connectivity index (χ2v) is 12.7. The summed E-state index contributed by atoms with van der Waals surface area (Å²) in [5.41, 5.74) is 0.159. The standard InChI is InChI=1S/C29H48O3/c1-7-20(18(2)3)9-8-19(4)23-10-11-24-22-16-26(31)29(32)17-21(30)12-15-28(29,6)25(22)13-14-27(23,24)5/h8-9,16,18-21,23-26,30-32H,7,10-15,17H2,1-6H3/b9-8+/t19-,20-,21+,23-,24?,25?,26-,27-,28-,29+/m1/s1. The van der Waals surface area contributed by atoms with Gasteiger partial charge in [-0.1, -0.05) is 65.3 Å². The largest absolute Gasteiger partial charge is 0.393 e. The lowest BCUT2D eigenvalue weighted by molar-refractivity contribution is -0.210. The number of allylic oxidation sites excluding steroid dienone is 3. The van der Waals surface area contributed by atoms with Gasteiger partial charge < -0.3 is 15.3 Å². The van der Waals surface area contributed by atoms with Crippen molar-refractivity contribution in [3.63, 3.8) is 0 Å². The van der Waals surface area contributed by atoms with E-state index in [1.165, 1.54) is 31.3 Å². The average molecular weight is 445 g/mol. The van der Waals surface area contributed by atoms with Gasteiger partial charge >= 0.3 is 0 Å². The zero-order valence-electron chi connectivity index (χ0n) is 21.3. The van der Waals surface area contributed by atoms with Gasteiger partial charge in [-0.15, -0.1) is 0 Å². The maximum atomic E-state index is 11.6. The summed E-state index contributed by atoms with van der Waals surface area (Å²) < 4.78 is 0. The Labute approximate surface area is 196 Å². The van der Waals surface area contributed by atoms with Crippen molar-refractivity contribution in [2.45, 2.75) is 111 Å². The van der Waals surface area contributed by atoms with Crippen molar-refractivity contribution in [3.05, 3.63) is 23.8 Å². The van der Waals surface area contributed by atoms with Gasteiger partial charge in [0, 0.05) is 11.8 Å². The summed E-state index contributed by atoms with van der Waals surface area (Å²) in [6.07, 6.45) is 13.4. The van der Waals surface area contributed by atoms with Crippen LogP contribution < -0.4 is 0 Å². The first-order valence-electron chi connectivity index (χ1n) is 13.5. The van der Waals surface area contributed by atoms with Crippen molar-refractivity contribution in [2.75, 3.05) is 0 Å². The molecule has 3 N–H and O–H groups in total. The molecule has 0 bridgehead atoms. The van der Waals surface area contributed by atoms with E-state index in [9.17, 15) is 15.3 Å². The molecule has 4 aliphatic carbocycles. The fraction of sp³-hybridized carbons (Fsp3) is 0.862. The Balaban J connectivity index is 1.60. The van der Waals surface area contributed by atoms with Crippen molar-refractivity contribution < 1.29 is 15.3 Å². The quantitative estimate of drug-likeness (QED) is 0.464. The molecule has 0 heterocycles. The number of aliphatic hydroxyl groups excluding tert-OH is 2. The van der Waals surface area contributed by atoms with E-state index in [-0.39, 0.29) is 10.8 Å². The van der Waals surface area contributed by atoms with Crippen LogP contribution in [0.15, 0.2) is 23.8 Å². The fourth-order valence-electron chi connectivity index (χ4n) is 8.73. The SMILES string of the molecule is CC[C@H](/C=C/[C@@H](C)[C@H]1CCC2C3=C[C@@H](O)[C@@]4(O)C[C@@H](O)CC[C@]4(C)C3CC[C@@]21C)C(C)C. The van der Waals surface area contributed by atoms with Gasteiger partial charge in [0.1, 0.15) is 11.7 Å². The molecule has 0 aromatic heterocycles. The van der Waals surface area contributed by atoms with Gasteiger partial charge in [-0.3, -0.25) is 0 Å². The zero-order chi connectivity index (χ0) is 23.5. The van der Waals surface area contributed by atoms with Gasteiger partial charge in [-0.05, 0) is 85.9 Å². The minimum atomic E-state index is -1.20. The summed E-state index contributed by atoms with van der Waals surface area (Å²) in [5.74, 6) is 3.44. The van der Waals surface area contributed by atoms with Crippen LogP contribution in [0.2, 0.25) is 0 Å². The number of rotatable bonds is 5. The van der Waals surface area contributed by atoms with Gasteiger partial charge in [0.25, 0.3) is 0 Å². The van der Waals surface area contributed by atoms with E-state index in [0.717, 1.165) is 19.3 Å². The molecule has 0 radical (unpaired) electrons. The van der Waals surface area contributed by atoms with Crippen LogP contribution in [0.25, 0.3) is 0 Å². The summed E-state index contributed by atoms with van der Waals surface area (Å²) in [4.78, 5) is 0. The van der Waals surface area contributed by atoms with E-state index >= 15 is 0 Å². The number of fused-ring (bicyclic) bond motifs is 5. The molecule has 0 aromatic carbocycles. The van der Waals surface area contributed by atoms with Crippen LogP contribution in [-0.2, 0) is 0 Å². The topological polar surface area (TPSA) is 60.7 Å². The van der Waals surface area contributed by atoms with Crippen LogP contribution >= 0.6 is 0 Å². The van der Waals surface area contributed by atoms with E-state index in [1.54, 1.807) is 0 Å². The molecule has 2 unspecified atom stereocenters. The summed E-state index contributed by atoms with van der Waals surface area (Å²) in [7, 11) is 0. The average Bonchev–Trinajstić information content (AvgIpc) is 3.08. The third-order valence-corrected chi connectivity index (χ3v) is 11.0. The lowest BCUT2D eigenvalue weighted by Gasteiger charge is -2.62. The molecule has 182 valence electrons. The lowest BCUT2D eigenvalue weighted by atomic mass is 9.45. The molecule has 3 saturated carbocycles. The number of aliphatic hydroxyl groups is 3. The van der Waals surface area contributed by atoms with Crippen LogP contribution in [0.3, 0.4) is 0 Å². The first-order valence-corrected chi connectivity index (χ1v) is 13.5. The van der Waals surface area contributed by atoms with Crippen LogP contribution in [0.1, 0.15) is 92.9 Å². The highest BCUT2D eigenvalue weighted by Gasteiger charge is 2.64. The molecular weight excluding hydrogens is 396 g/mol. The molecule has 10 atom stereocenters. The second kappa shape index (κ2) is 8.54. The highest BCUT2D eigenvalue weighted by atomic mass is 16.3. The molecular formula is C29H48O3. The summed E-state index contributed by atoms with van der Waals surface area (Å²) in [5, 5.41) is 33.0. The van der Waals surface area contributed by atoms with E-state index < -0.39 is 17.8 Å². The first kappa shape index (κ1) is 24.5. The summed E-state index contributed by atoms with van der Waals surface area (Å²) >= 11 is 0. The molecule has 32 heavy (non-hydrogen) atoms. The highest BCUT2D eigenvalue weighted by molar-refractivity contribution is 5.33. The maximum absolute atomic E-state index is 11.6. The smallest absolute Gasteiger partial charge is 0.102 e. The Morgan fingerprint density at radius 1 is 1.00 bits per heavy atom. The van der Waals surface area contributed by atoms with E-state index in [1.807, 2.05) is 6.08 Å². The highest BCUT2D eigenvalue weighted by Crippen LogP contribution is 2.67. The molecule has 3 heteroatoms. The van der Waals surface area contributed by atoms with E-state index in [0.29, 0.717) is 41.9 Å². The lowest BCUT2D eigenvalue weighted by Crippen LogP contribution is -2.65. The van der Waals surface area contributed by atoms with Crippen molar-refractivity contribution in [1.82, 2.24) is 0 Å². The van der Waals surface area contributed by atoms with Crippen molar-refractivity contribution in [3.8, 4) is 0 Å². The molecule has 0 amide bonds. The zero-order valence-corrected chi connectivity index (χ0v) is 21.3. The Morgan fingerprint density at radius 2 is 1.72 bits per heavy atom. The molecule has 0 saturated heterocycles. The molecule has 4 aliphatic rings. The van der Waals surface area contributed by atoms with Crippen LogP contribution in [-0.4, -0.2) is 33.1 Å². The van der Waals surface area contributed by atoms with Crippen molar-refractivity contribution >= 4 is 0 Å². The second-order valence-electron chi connectivity index (χ2n) is 12.7. The third-order valence-electron chi connectivity index (χ3n) is 11.0. The summed E-state index contributed by atoms with van der Waals surface area (Å²) in [6.45, 7) is 14.1. The number of hydrogen-bond acceptors (Lipinski definition) is 3. The molecule has 4 rings (SSSR count). The van der Waals surface area contributed by atoms with Gasteiger partial charge in [0.2, 0.25) is 0 Å². The maximum Gasteiger partial charge on any atom is 0.102 e. The Kier molecular flexibility index (Phi) is 6.53. The van der Waals surface area contributed by atoms with Gasteiger partial charge in [0.15, 0.2) is 0 Å². The summed E-state index contributed by atoms with van der Waals surface area (Å²) in [6, 6.07) is 0. The Morgan fingerprint density at radius 3 is 2.38 bits per heavy atom. The predicted octanol–water partition coefficient (Wildman–Crippen LogP) is 5.89. The molecule has 0 aromatic rings. The van der Waals surface area contributed by atoms with E-state index in [2.05, 4.69) is 53.7 Å². The molecule has 0 aliphatic heterocycles. The first-order chi connectivity index (χ1) is 15.0. The minimum Gasteiger partial charge on any atom is -0.393 e. The van der Waals surface area contributed by atoms with Gasteiger partial charge in [-0.2, -0.15) is 0 Å². The third kappa shape index (κ3) is 3.57. The monoisotopic (exact) mass is 444 g/mol. The fourth-order valence-corrected chi connectivity index (χ4v) is 8.73. The Bertz CT molecular complexity index is 756. The Hall–Kier alpha value is -0.640. The van der Waals surface area contributed by atoms with Gasteiger partial charge in [-0.25, -0.2) is 0 Å². The van der Waals surface area contributed by atoms with Crippen LogP contribution in [0.5, 0.6) is 0 Å². The van der Waals surface area contributed by atoms with Crippen molar-refractivity contribution in [2.24, 2.45) is 46.3 Å². The predicted molar refractivity (Wildman–Crippen MR) is 131 cm³/mol. The van der Waals surface area contributed by atoms with E-state index in [4.69, 9.17) is 0 Å². The van der Waals surface area contributed by atoms with Crippen LogP contribution in [0.4, 0.5) is 0 Å². The number of hydrogen-bond donors (Lipinski definition) is 3. The molecule has 0 spiro atoms. The minimum absolute atomic E-state index is 0.269. The normalized spacial score (nSPS) is 48.2. The van der Waals surface area contributed by atoms with Crippen LogP contribution in [0, 0.1) is 46.3 Å². The van der Waals surface area contributed by atoms with Gasteiger partial charge in [0.05, 0.1) is 6.10 Å².